The molecule has 0 fully saturated rings. The third kappa shape index (κ3) is 3.94. The Morgan fingerprint density at radius 1 is 1.27 bits per heavy atom. The Morgan fingerprint density at radius 2 is 2.04 bits per heavy atom. The Morgan fingerprint density at radius 3 is 2.77 bits per heavy atom. The molecule has 0 saturated carbocycles. The minimum atomic E-state index is -0.553. The summed E-state index contributed by atoms with van der Waals surface area (Å²) >= 11 is 0. The first kappa shape index (κ1) is 17.3. The number of halogens is 1. The van der Waals surface area contributed by atoms with Crippen molar-refractivity contribution in [2.24, 2.45) is 0 Å². The number of ether oxygens (including phenoxy) is 1. The van der Waals surface area contributed by atoms with E-state index in [4.69, 9.17) is 4.74 Å². The molecule has 0 radical (unpaired) electrons. The summed E-state index contributed by atoms with van der Waals surface area (Å²) in [6.07, 6.45) is 0. The van der Waals surface area contributed by atoms with Gasteiger partial charge in [0.15, 0.2) is 18.2 Å². The highest BCUT2D eigenvalue weighted by Gasteiger charge is 2.14. The maximum absolute atomic E-state index is 13.5. The topological polar surface area (TPSA) is 102 Å². The fourth-order valence-corrected chi connectivity index (χ4v) is 2.30. The first-order valence-corrected chi connectivity index (χ1v) is 7.74. The van der Waals surface area contributed by atoms with Crippen LogP contribution in [-0.2, 0) is 4.79 Å². The molecule has 2 heterocycles. The molecule has 134 valence electrons. The zero-order chi connectivity index (χ0) is 18.7. The van der Waals surface area contributed by atoms with E-state index in [0.717, 1.165) is 0 Å². The van der Waals surface area contributed by atoms with Gasteiger partial charge in [0.2, 0.25) is 5.95 Å². The number of carbonyl (C=O) groups excluding carboxylic acids is 1. The number of aryl methyl sites for hydroxylation is 2. The second-order valence-electron chi connectivity index (χ2n) is 5.56. The second kappa shape index (κ2) is 7.18. The maximum atomic E-state index is 13.5. The van der Waals surface area contributed by atoms with E-state index in [2.05, 4.69) is 20.4 Å². The van der Waals surface area contributed by atoms with Crippen molar-refractivity contribution in [2.75, 3.05) is 11.9 Å². The highest BCUT2D eigenvalue weighted by molar-refractivity contribution is 5.91. The predicted octanol–water partition coefficient (Wildman–Crippen LogP) is 1.73. The Bertz CT molecular complexity index is 1010. The van der Waals surface area contributed by atoms with Gasteiger partial charge in [0.25, 0.3) is 11.5 Å². The van der Waals surface area contributed by atoms with Crippen molar-refractivity contribution in [3.8, 4) is 11.7 Å². The fraction of sp³-hybridized carbons (Fsp3) is 0.176. The van der Waals surface area contributed by atoms with Crippen LogP contribution in [0.4, 0.5) is 10.2 Å². The van der Waals surface area contributed by atoms with Crippen LogP contribution in [0.5, 0.6) is 5.75 Å². The first-order valence-electron chi connectivity index (χ1n) is 7.74. The van der Waals surface area contributed by atoms with Gasteiger partial charge in [-0.05, 0) is 26.0 Å². The summed E-state index contributed by atoms with van der Waals surface area (Å²) in [4.78, 5) is 30.5. The van der Waals surface area contributed by atoms with E-state index in [0.29, 0.717) is 17.2 Å². The zero-order valence-electron chi connectivity index (χ0n) is 14.1. The Kier molecular flexibility index (Phi) is 4.78. The van der Waals surface area contributed by atoms with Gasteiger partial charge in [-0.15, -0.1) is 0 Å². The number of carbonyl (C=O) groups is 1. The van der Waals surface area contributed by atoms with Gasteiger partial charge in [0.05, 0.1) is 5.69 Å². The normalized spacial score (nSPS) is 10.6. The van der Waals surface area contributed by atoms with Crippen molar-refractivity contribution in [1.29, 1.82) is 0 Å². The third-order valence-electron chi connectivity index (χ3n) is 3.35. The number of rotatable bonds is 5. The third-order valence-corrected chi connectivity index (χ3v) is 3.35. The van der Waals surface area contributed by atoms with Crippen LogP contribution in [0, 0.1) is 19.7 Å². The highest BCUT2D eigenvalue weighted by atomic mass is 19.1. The lowest BCUT2D eigenvalue weighted by molar-refractivity contribution is -0.118. The van der Waals surface area contributed by atoms with Crippen molar-refractivity contribution in [3.05, 3.63) is 64.0 Å². The minimum absolute atomic E-state index is 0.0166. The molecule has 0 aliphatic carbocycles. The molecule has 3 aromatic rings. The molecule has 0 bridgehead atoms. The number of H-pyrrole nitrogens is 1. The standard InChI is InChI=1S/C17H16FN5O3/c1-10-8-15(24)21-17(19-10)23-14(7-11(2)22-23)20-16(25)9-26-13-6-4-3-5-12(13)18/h3-8H,9H2,1-2H3,(H,20,25)(H,19,21,24). The monoisotopic (exact) mass is 357 g/mol. The number of aromatic amines is 1. The molecule has 3 rings (SSSR count). The van der Waals surface area contributed by atoms with Crippen molar-refractivity contribution in [1.82, 2.24) is 19.7 Å². The van der Waals surface area contributed by atoms with Gasteiger partial charge in [-0.1, -0.05) is 12.1 Å². The van der Waals surface area contributed by atoms with Crippen LogP contribution in [0.1, 0.15) is 11.4 Å². The lowest BCUT2D eigenvalue weighted by Crippen LogP contribution is -2.23. The number of nitrogens with one attached hydrogen (secondary N) is 2. The van der Waals surface area contributed by atoms with Crippen LogP contribution in [0.25, 0.3) is 5.95 Å². The lowest BCUT2D eigenvalue weighted by Gasteiger charge is -2.09. The molecule has 0 saturated heterocycles. The van der Waals surface area contributed by atoms with Crippen LogP contribution < -0.4 is 15.6 Å². The quantitative estimate of drug-likeness (QED) is 0.724. The van der Waals surface area contributed by atoms with Gasteiger partial charge < -0.3 is 10.1 Å². The van der Waals surface area contributed by atoms with E-state index in [1.807, 2.05) is 0 Å². The van der Waals surface area contributed by atoms with Gasteiger partial charge in [0.1, 0.15) is 5.82 Å². The molecule has 2 aromatic heterocycles. The number of para-hydroxylation sites is 1. The summed E-state index contributed by atoms with van der Waals surface area (Å²) in [6.45, 7) is 3.02. The molecule has 0 spiro atoms. The highest BCUT2D eigenvalue weighted by Crippen LogP contribution is 2.16. The van der Waals surface area contributed by atoms with E-state index in [-0.39, 0.29) is 23.9 Å². The molecule has 1 amide bonds. The molecule has 0 aliphatic heterocycles. The summed E-state index contributed by atoms with van der Waals surface area (Å²) in [7, 11) is 0. The fourth-order valence-electron chi connectivity index (χ4n) is 2.30. The molecule has 9 heteroatoms. The summed E-state index contributed by atoms with van der Waals surface area (Å²) in [5.74, 6) is -0.601. The van der Waals surface area contributed by atoms with E-state index in [1.165, 1.54) is 28.9 Å². The van der Waals surface area contributed by atoms with E-state index < -0.39 is 11.7 Å². The van der Waals surface area contributed by atoms with Gasteiger partial charge in [-0.2, -0.15) is 9.78 Å². The molecule has 0 atom stereocenters. The molecule has 1 aromatic carbocycles. The Labute approximate surface area is 147 Å². The predicted molar refractivity (Wildman–Crippen MR) is 92.0 cm³/mol. The Balaban J connectivity index is 1.77. The molecule has 2 N–H and O–H groups in total. The number of nitrogens with zero attached hydrogens (tertiary/aromatic N) is 3. The number of aromatic nitrogens is 4. The van der Waals surface area contributed by atoms with Gasteiger partial charge >= 0.3 is 0 Å². The lowest BCUT2D eigenvalue weighted by atomic mass is 10.3. The van der Waals surface area contributed by atoms with Gasteiger partial charge in [-0.25, -0.2) is 9.37 Å². The Hall–Kier alpha value is -3.49. The molecule has 0 unspecified atom stereocenters. The molecular formula is C17H16FN5O3. The molecule has 8 nitrogen and oxygen atoms in total. The average Bonchev–Trinajstić information content (AvgIpc) is 2.93. The van der Waals surface area contributed by atoms with Crippen LogP contribution in [-0.4, -0.2) is 32.3 Å². The van der Waals surface area contributed by atoms with Crippen molar-refractivity contribution in [3.63, 3.8) is 0 Å². The van der Waals surface area contributed by atoms with Crippen LogP contribution >= 0.6 is 0 Å². The SMILES string of the molecule is Cc1cc(=O)[nH]c(-n2nc(C)cc2NC(=O)COc2ccccc2F)n1. The van der Waals surface area contributed by atoms with Crippen LogP contribution in [0.3, 0.4) is 0 Å². The second-order valence-corrected chi connectivity index (χ2v) is 5.56. The van der Waals surface area contributed by atoms with Gasteiger partial charge in [-0.3, -0.25) is 14.6 Å². The molecule has 26 heavy (non-hydrogen) atoms. The minimum Gasteiger partial charge on any atom is -0.481 e. The summed E-state index contributed by atoms with van der Waals surface area (Å²) in [5.41, 5.74) is 0.789. The number of amides is 1. The van der Waals surface area contributed by atoms with Crippen LogP contribution in [0.2, 0.25) is 0 Å². The van der Waals surface area contributed by atoms with Gasteiger partial charge in [0, 0.05) is 17.8 Å². The number of hydrogen-bond donors (Lipinski definition) is 2. The van der Waals surface area contributed by atoms with Crippen molar-refractivity contribution < 1.29 is 13.9 Å². The van der Waals surface area contributed by atoms with Crippen LogP contribution in [0.15, 0.2) is 41.2 Å². The molecular weight excluding hydrogens is 341 g/mol. The number of hydrogen-bond acceptors (Lipinski definition) is 5. The van der Waals surface area contributed by atoms with E-state index in [9.17, 15) is 14.0 Å². The first-order chi connectivity index (χ1) is 12.4. The number of anilines is 1. The summed E-state index contributed by atoms with van der Waals surface area (Å²) in [6, 6.07) is 8.77. The number of benzene rings is 1. The smallest absolute Gasteiger partial charge is 0.263 e. The van der Waals surface area contributed by atoms with Crippen molar-refractivity contribution >= 4 is 11.7 Å². The van der Waals surface area contributed by atoms with E-state index >= 15 is 0 Å². The average molecular weight is 357 g/mol. The maximum Gasteiger partial charge on any atom is 0.263 e. The summed E-state index contributed by atoms with van der Waals surface area (Å²) < 4.78 is 20.0. The molecule has 0 aliphatic rings. The zero-order valence-corrected chi connectivity index (χ0v) is 14.1. The summed E-state index contributed by atoms with van der Waals surface area (Å²) in [5, 5.41) is 6.83. The largest absolute Gasteiger partial charge is 0.481 e. The van der Waals surface area contributed by atoms with Crippen molar-refractivity contribution in [2.45, 2.75) is 13.8 Å². The van der Waals surface area contributed by atoms with E-state index in [1.54, 1.807) is 26.0 Å².